The van der Waals surface area contributed by atoms with Crippen molar-refractivity contribution in [3.8, 4) is 0 Å². The van der Waals surface area contributed by atoms with Gasteiger partial charge in [-0.3, -0.25) is 4.98 Å². The molecule has 0 atom stereocenters. The van der Waals surface area contributed by atoms with Crippen molar-refractivity contribution in [3.05, 3.63) is 36.2 Å². The van der Waals surface area contributed by atoms with E-state index in [9.17, 15) is 0 Å². The van der Waals surface area contributed by atoms with Crippen molar-refractivity contribution in [2.45, 2.75) is 6.61 Å². The van der Waals surface area contributed by atoms with Gasteiger partial charge >= 0.3 is 0 Å². The highest BCUT2D eigenvalue weighted by Gasteiger charge is 1.92. The number of halogens is 1. The zero-order chi connectivity index (χ0) is 7.40. The Morgan fingerprint density at radius 2 is 2.50 bits per heavy atom. The zero-order valence-electron chi connectivity index (χ0n) is 5.38. The molecule has 0 aliphatic carbocycles. The third-order valence-corrected chi connectivity index (χ3v) is 1.26. The molecule has 1 radical (unpaired) electrons. The smallest absolute Gasteiger partial charge is 0.0889 e. The van der Waals surface area contributed by atoms with E-state index in [0.717, 1.165) is 5.69 Å². The van der Waals surface area contributed by atoms with Crippen molar-refractivity contribution in [1.29, 1.82) is 0 Å². The number of ether oxygens (including phenoxy) is 1. The molecule has 1 aromatic heterocycles. The fourth-order valence-corrected chi connectivity index (χ4v) is 0.815. The Hall–Kier alpha value is -0.600. The van der Waals surface area contributed by atoms with Gasteiger partial charge in [0.05, 0.1) is 19.4 Å². The lowest BCUT2D eigenvalue weighted by Crippen LogP contribution is -1.88. The molecule has 10 heavy (non-hydrogen) atoms. The second-order valence-electron chi connectivity index (χ2n) is 1.81. The normalized spacial score (nSPS) is 9.80. The molecule has 0 amide bonds. The largest absolute Gasteiger partial charge is 0.373 e. The summed E-state index contributed by atoms with van der Waals surface area (Å²) in [7, 11) is 3.23. The maximum atomic E-state index is 5.66. The molecule has 0 saturated heterocycles. The highest BCUT2D eigenvalue weighted by Crippen LogP contribution is 2.08. The van der Waals surface area contributed by atoms with Gasteiger partial charge in [0.1, 0.15) is 0 Å². The Morgan fingerprint density at radius 1 is 1.70 bits per heavy atom. The van der Waals surface area contributed by atoms with Crippen LogP contribution in [0.4, 0.5) is 0 Å². The van der Waals surface area contributed by atoms with E-state index < -0.39 is 0 Å². The van der Waals surface area contributed by atoms with Crippen LogP contribution in [0.15, 0.2) is 18.3 Å². The molecule has 0 spiro atoms. The summed E-state index contributed by atoms with van der Waals surface area (Å²) in [4.78, 5) is 3.98. The summed E-state index contributed by atoms with van der Waals surface area (Å²) in [5, 5.41) is 0.669. The first-order valence-electron chi connectivity index (χ1n) is 2.80. The van der Waals surface area contributed by atoms with Crippen molar-refractivity contribution in [2.75, 3.05) is 0 Å². The lowest BCUT2D eigenvalue weighted by atomic mass is 10.4. The molecule has 1 rings (SSSR count). The quantitative estimate of drug-likeness (QED) is 0.654. The molecule has 1 aromatic rings. The Labute approximate surface area is 64.8 Å². The summed E-state index contributed by atoms with van der Waals surface area (Å²) in [6.07, 6.45) is 1.64. The molecule has 2 nitrogen and oxygen atoms in total. The minimum atomic E-state index is 0.403. The summed E-state index contributed by atoms with van der Waals surface area (Å²) >= 11 is 5.66. The van der Waals surface area contributed by atoms with Crippen LogP contribution in [0.3, 0.4) is 0 Å². The van der Waals surface area contributed by atoms with Crippen LogP contribution < -0.4 is 0 Å². The molecule has 0 N–H and O–H groups in total. The van der Waals surface area contributed by atoms with Crippen molar-refractivity contribution in [1.82, 2.24) is 4.98 Å². The highest BCUT2D eigenvalue weighted by atomic mass is 35.5. The van der Waals surface area contributed by atoms with E-state index in [1.165, 1.54) is 0 Å². The number of hydrogen-bond donors (Lipinski definition) is 0. The standard InChI is InChI=1S/C7H7ClNO/c1-10-5-7-4-6(8)2-3-9-7/h2-4H,1,5H2. The van der Waals surface area contributed by atoms with E-state index in [0.29, 0.717) is 11.6 Å². The molecule has 0 aliphatic rings. The van der Waals surface area contributed by atoms with E-state index in [1.807, 2.05) is 0 Å². The first kappa shape index (κ1) is 7.51. The minimum Gasteiger partial charge on any atom is -0.373 e. The van der Waals surface area contributed by atoms with Gasteiger partial charge < -0.3 is 4.74 Å². The van der Waals surface area contributed by atoms with E-state index in [4.69, 9.17) is 11.6 Å². The molecule has 0 aromatic carbocycles. The predicted molar refractivity (Wildman–Crippen MR) is 39.4 cm³/mol. The average molecular weight is 157 g/mol. The van der Waals surface area contributed by atoms with E-state index in [2.05, 4.69) is 16.8 Å². The van der Waals surface area contributed by atoms with Gasteiger partial charge in [-0.15, -0.1) is 0 Å². The van der Waals surface area contributed by atoms with Gasteiger partial charge in [-0.05, 0) is 12.1 Å². The van der Waals surface area contributed by atoms with Crippen LogP contribution >= 0.6 is 11.6 Å². The Kier molecular flexibility index (Phi) is 2.66. The average Bonchev–Trinajstić information content (AvgIpc) is 1.88. The summed E-state index contributed by atoms with van der Waals surface area (Å²) in [5.41, 5.74) is 0.794. The van der Waals surface area contributed by atoms with Crippen LogP contribution in [-0.2, 0) is 11.3 Å². The molecule has 0 aliphatic heterocycles. The number of pyridine rings is 1. The maximum Gasteiger partial charge on any atom is 0.0889 e. The topological polar surface area (TPSA) is 22.1 Å². The predicted octanol–water partition coefficient (Wildman–Crippen LogP) is 2.04. The van der Waals surface area contributed by atoms with Crippen molar-refractivity contribution in [2.24, 2.45) is 0 Å². The van der Waals surface area contributed by atoms with E-state index in [1.54, 1.807) is 18.3 Å². The number of nitrogens with zero attached hydrogens (tertiary/aromatic N) is 1. The summed E-state index contributed by atoms with van der Waals surface area (Å²) in [6.45, 7) is 0.403. The van der Waals surface area contributed by atoms with Crippen molar-refractivity contribution < 1.29 is 4.74 Å². The molecule has 3 heteroatoms. The Balaban J connectivity index is 2.75. The summed E-state index contributed by atoms with van der Waals surface area (Å²) < 4.78 is 4.61. The van der Waals surface area contributed by atoms with E-state index >= 15 is 0 Å². The Bertz CT molecular complexity index is 215. The first-order chi connectivity index (χ1) is 4.83. The third-order valence-electron chi connectivity index (χ3n) is 1.03. The van der Waals surface area contributed by atoms with Crippen LogP contribution in [-0.4, -0.2) is 4.98 Å². The summed E-state index contributed by atoms with van der Waals surface area (Å²) in [5.74, 6) is 0. The van der Waals surface area contributed by atoms with Gasteiger partial charge in [-0.1, -0.05) is 11.6 Å². The lowest BCUT2D eigenvalue weighted by Gasteiger charge is -1.96. The van der Waals surface area contributed by atoms with Crippen molar-refractivity contribution in [3.63, 3.8) is 0 Å². The molecule has 0 unspecified atom stereocenters. The molecular weight excluding hydrogens is 150 g/mol. The molecule has 1 heterocycles. The summed E-state index contributed by atoms with van der Waals surface area (Å²) in [6, 6.07) is 3.46. The van der Waals surface area contributed by atoms with Gasteiger partial charge in [-0.25, -0.2) is 0 Å². The fourth-order valence-electron chi connectivity index (χ4n) is 0.632. The molecule has 53 valence electrons. The number of hydrogen-bond acceptors (Lipinski definition) is 2. The SMILES string of the molecule is [CH2]OCc1cc(Cl)ccn1. The monoisotopic (exact) mass is 156 g/mol. The number of rotatable bonds is 2. The van der Waals surface area contributed by atoms with E-state index in [-0.39, 0.29) is 0 Å². The van der Waals surface area contributed by atoms with Crippen LogP contribution in [0.25, 0.3) is 0 Å². The van der Waals surface area contributed by atoms with Gasteiger partial charge in [0.25, 0.3) is 0 Å². The van der Waals surface area contributed by atoms with Crippen LogP contribution in [0.2, 0.25) is 5.02 Å². The fraction of sp³-hybridized carbons (Fsp3) is 0.143. The van der Waals surface area contributed by atoms with Gasteiger partial charge in [0.2, 0.25) is 0 Å². The minimum absolute atomic E-state index is 0.403. The van der Waals surface area contributed by atoms with Crippen LogP contribution in [0.1, 0.15) is 5.69 Å². The number of aromatic nitrogens is 1. The van der Waals surface area contributed by atoms with Crippen molar-refractivity contribution >= 4 is 11.6 Å². The molecule has 0 fully saturated rings. The molecular formula is C7H7ClNO. The maximum absolute atomic E-state index is 5.66. The first-order valence-corrected chi connectivity index (χ1v) is 3.18. The molecule has 0 bridgehead atoms. The Morgan fingerprint density at radius 3 is 3.10 bits per heavy atom. The molecule has 0 saturated carbocycles. The van der Waals surface area contributed by atoms with Crippen LogP contribution in [0.5, 0.6) is 0 Å². The lowest BCUT2D eigenvalue weighted by molar-refractivity contribution is 0.225. The second kappa shape index (κ2) is 3.54. The zero-order valence-corrected chi connectivity index (χ0v) is 6.14. The highest BCUT2D eigenvalue weighted by molar-refractivity contribution is 6.30. The third kappa shape index (κ3) is 1.97. The van der Waals surface area contributed by atoms with Gasteiger partial charge in [0.15, 0.2) is 0 Å². The van der Waals surface area contributed by atoms with Crippen LogP contribution in [0, 0.1) is 7.11 Å². The second-order valence-corrected chi connectivity index (χ2v) is 2.25. The van der Waals surface area contributed by atoms with Gasteiger partial charge in [0, 0.05) is 11.2 Å². The van der Waals surface area contributed by atoms with Gasteiger partial charge in [-0.2, -0.15) is 0 Å².